The average molecular weight is 471 g/mol. The minimum absolute atomic E-state index is 0.0493. The lowest BCUT2D eigenvalue weighted by atomic mass is 9.97. The highest BCUT2D eigenvalue weighted by atomic mass is 32.2. The van der Waals surface area contributed by atoms with E-state index in [1.54, 1.807) is 30.3 Å². The lowest BCUT2D eigenvalue weighted by Gasteiger charge is -2.19. The normalized spacial score (nSPS) is 14.7. The van der Waals surface area contributed by atoms with Gasteiger partial charge in [0.25, 0.3) is 15.9 Å². The second-order valence-electron chi connectivity index (χ2n) is 8.03. The standard InChI is InChI=1S/C25H30N2O5S/c1-19(24(28)26-18-17-20-9-5-3-6-10-20)32-25(29)21-13-15-23(16-14-21)33(30,31)27(2)22-11-7-4-8-12-22/h4,7-9,11-16,19H,3,5-6,10,17-18H2,1-2H3,(H,26,28)/t19-/m1/s1. The van der Waals surface area contributed by atoms with Gasteiger partial charge in [0.2, 0.25) is 0 Å². The Bertz CT molecular complexity index is 1100. The molecule has 1 aliphatic rings. The van der Waals surface area contributed by atoms with Crippen molar-refractivity contribution in [2.45, 2.75) is 50.0 Å². The van der Waals surface area contributed by atoms with E-state index in [1.807, 2.05) is 0 Å². The Hall–Kier alpha value is -3.13. The van der Waals surface area contributed by atoms with Crippen molar-refractivity contribution in [2.24, 2.45) is 0 Å². The molecule has 1 atom stereocenters. The molecule has 1 N–H and O–H groups in total. The van der Waals surface area contributed by atoms with Gasteiger partial charge in [0.15, 0.2) is 6.10 Å². The Labute approximate surface area is 195 Å². The molecule has 176 valence electrons. The lowest BCUT2D eigenvalue weighted by molar-refractivity contribution is -0.129. The van der Waals surface area contributed by atoms with Gasteiger partial charge in [0.05, 0.1) is 16.1 Å². The zero-order valence-corrected chi connectivity index (χ0v) is 19.8. The van der Waals surface area contributed by atoms with E-state index >= 15 is 0 Å². The van der Waals surface area contributed by atoms with E-state index in [9.17, 15) is 18.0 Å². The summed E-state index contributed by atoms with van der Waals surface area (Å²) >= 11 is 0. The van der Waals surface area contributed by atoms with Crippen LogP contribution >= 0.6 is 0 Å². The van der Waals surface area contributed by atoms with E-state index < -0.39 is 22.1 Å². The van der Waals surface area contributed by atoms with Crippen LogP contribution < -0.4 is 9.62 Å². The highest BCUT2D eigenvalue weighted by molar-refractivity contribution is 7.92. The minimum atomic E-state index is -3.78. The van der Waals surface area contributed by atoms with Gasteiger partial charge in [-0.15, -0.1) is 0 Å². The van der Waals surface area contributed by atoms with Crippen LogP contribution in [-0.2, 0) is 19.6 Å². The minimum Gasteiger partial charge on any atom is -0.449 e. The number of anilines is 1. The Morgan fingerprint density at radius 3 is 2.39 bits per heavy atom. The predicted octanol–water partition coefficient (Wildman–Crippen LogP) is 4.06. The predicted molar refractivity (Wildman–Crippen MR) is 128 cm³/mol. The van der Waals surface area contributed by atoms with Gasteiger partial charge in [-0.25, -0.2) is 13.2 Å². The molecule has 1 amide bonds. The fourth-order valence-electron chi connectivity index (χ4n) is 3.60. The van der Waals surface area contributed by atoms with Crippen LogP contribution in [0.15, 0.2) is 71.1 Å². The van der Waals surface area contributed by atoms with Crippen molar-refractivity contribution in [1.82, 2.24) is 5.32 Å². The average Bonchev–Trinajstić information content (AvgIpc) is 2.84. The third-order valence-corrected chi connectivity index (χ3v) is 7.45. The van der Waals surface area contributed by atoms with Gasteiger partial charge in [-0.05, 0) is 75.4 Å². The summed E-state index contributed by atoms with van der Waals surface area (Å²) < 4.78 is 32.1. The molecule has 2 aromatic carbocycles. The molecular weight excluding hydrogens is 440 g/mol. The summed E-state index contributed by atoms with van der Waals surface area (Å²) in [7, 11) is -2.31. The number of ether oxygens (including phenoxy) is 1. The maximum Gasteiger partial charge on any atom is 0.338 e. The summed E-state index contributed by atoms with van der Waals surface area (Å²) in [5.41, 5.74) is 2.06. The molecule has 7 nitrogen and oxygen atoms in total. The molecule has 3 rings (SSSR count). The molecule has 0 heterocycles. The van der Waals surface area contributed by atoms with E-state index in [4.69, 9.17) is 4.74 Å². The molecule has 0 aliphatic heterocycles. The zero-order chi connectivity index (χ0) is 23.8. The van der Waals surface area contributed by atoms with E-state index in [1.165, 1.54) is 61.0 Å². The fourth-order valence-corrected chi connectivity index (χ4v) is 4.80. The Balaban J connectivity index is 1.55. The van der Waals surface area contributed by atoms with E-state index in [-0.39, 0.29) is 16.4 Å². The summed E-state index contributed by atoms with van der Waals surface area (Å²) in [5, 5.41) is 2.80. The quantitative estimate of drug-likeness (QED) is 0.441. The Morgan fingerprint density at radius 1 is 1.06 bits per heavy atom. The van der Waals surface area contributed by atoms with E-state index in [0.29, 0.717) is 12.2 Å². The maximum atomic E-state index is 12.8. The summed E-state index contributed by atoms with van der Waals surface area (Å²) in [6.45, 7) is 2.02. The SMILES string of the molecule is C[C@@H](OC(=O)c1ccc(S(=O)(=O)N(C)c2ccccc2)cc1)C(=O)NCCC1=CCCCC1. The van der Waals surface area contributed by atoms with E-state index in [0.717, 1.165) is 19.3 Å². The van der Waals surface area contributed by atoms with Crippen molar-refractivity contribution < 1.29 is 22.7 Å². The highest BCUT2D eigenvalue weighted by Gasteiger charge is 2.23. The van der Waals surface area contributed by atoms with Gasteiger partial charge in [-0.2, -0.15) is 0 Å². The molecule has 0 aromatic heterocycles. The van der Waals surface area contributed by atoms with Crippen LogP contribution in [0.1, 0.15) is 49.4 Å². The first kappa shape index (κ1) is 24.5. The van der Waals surface area contributed by atoms with Gasteiger partial charge < -0.3 is 10.1 Å². The number of hydrogen-bond donors (Lipinski definition) is 1. The molecule has 0 bridgehead atoms. The van der Waals surface area contributed by atoms with Crippen LogP contribution in [0.4, 0.5) is 5.69 Å². The number of nitrogens with one attached hydrogen (secondary N) is 1. The molecule has 33 heavy (non-hydrogen) atoms. The molecule has 0 saturated carbocycles. The number of benzene rings is 2. The first-order valence-corrected chi connectivity index (χ1v) is 12.5. The molecule has 8 heteroatoms. The van der Waals surface area contributed by atoms with Crippen molar-refractivity contribution >= 4 is 27.6 Å². The van der Waals surface area contributed by atoms with Crippen LogP contribution in [0.2, 0.25) is 0 Å². The third kappa shape index (κ3) is 6.44. The molecule has 0 fully saturated rings. The van der Waals surface area contributed by atoms with Crippen LogP contribution in [0.3, 0.4) is 0 Å². The largest absolute Gasteiger partial charge is 0.449 e. The van der Waals surface area contributed by atoms with Gasteiger partial charge >= 0.3 is 5.97 Å². The summed E-state index contributed by atoms with van der Waals surface area (Å²) in [4.78, 5) is 24.7. The number of nitrogens with zero attached hydrogens (tertiary/aromatic N) is 1. The number of amides is 1. The van der Waals surface area contributed by atoms with Crippen LogP contribution in [0.25, 0.3) is 0 Å². The van der Waals surface area contributed by atoms with Crippen molar-refractivity contribution in [3.63, 3.8) is 0 Å². The number of allylic oxidation sites excluding steroid dienone is 1. The van der Waals surface area contributed by atoms with Crippen molar-refractivity contribution in [3.05, 3.63) is 71.8 Å². The summed E-state index contributed by atoms with van der Waals surface area (Å²) in [5.74, 6) is -1.04. The second-order valence-corrected chi connectivity index (χ2v) is 10.00. The monoisotopic (exact) mass is 470 g/mol. The van der Waals surface area contributed by atoms with Crippen LogP contribution in [-0.4, -0.2) is 40.0 Å². The number of rotatable bonds is 9. The van der Waals surface area contributed by atoms with Crippen molar-refractivity contribution in [2.75, 3.05) is 17.9 Å². The molecule has 0 saturated heterocycles. The molecular formula is C25H30N2O5S. The van der Waals surface area contributed by atoms with Crippen LogP contribution in [0, 0.1) is 0 Å². The van der Waals surface area contributed by atoms with Crippen molar-refractivity contribution in [1.29, 1.82) is 0 Å². The number of hydrogen-bond acceptors (Lipinski definition) is 5. The van der Waals surface area contributed by atoms with E-state index in [2.05, 4.69) is 11.4 Å². The third-order valence-electron chi connectivity index (χ3n) is 5.65. The molecule has 1 aliphatic carbocycles. The number of carbonyl (C=O) groups is 2. The second kappa shape index (κ2) is 11.1. The van der Waals surface area contributed by atoms with Gasteiger partial charge in [-0.3, -0.25) is 9.10 Å². The first-order valence-electron chi connectivity index (χ1n) is 11.1. The highest BCUT2D eigenvalue weighted by Crippen LogP contribution is 2.22. The molecule has 2 aromatic rings. The first-order chi connectivity index (χ1) is 15.8. The number of esters is 1. The maximum absolute atomic E-state index is 12.8. The van der Waals surface area contributed by atoms with Gasteiger partial charge in [-0.1, -0.05) is 29.8 Å². The lowest BCUT2D eigenvalue weighted by Crippen LogP contribution is -2.36. The number of para-hydroxylation sites is 1. The molecule has 0 unspecified atom stereocenters. The summed E-state index contributed by atoms with van der Waals surface area (Å²) in [6, 6.07) is 14.2. The smallest absolute Gasteiger partial charge is 0.338 e. The van der Waals surface area contributed by atoms with Crippen molar-refractivity contribution in [3.8, 4) is 0 Å². The number of sulfonamides is 1. The topological polar surface area (TPSA) is 92.8 Å². The number of carbonyl (C=O) groups excluding carboxylic acids is 2. The molecule has 0 radical (unpaired) electrons. The summed E-state index contributed by atoms with van der Waals surface area (Å²) in [6.07, 6.45) is 6.68. The fraction of sp³-hybridized carbons (Fsp3) is 0.360. The molecule has 0 spiro atoms. The Kier molecular flexibility index (Phi) is 8.27. The Morgan fingerprint density at radius 2 is 1.76 bits per heavy atom. The zero-order valence-electron chi connectivity index (χ0n) is 19.0. The van der Waals surface area contributed by atoms with Gasteiger partial charge in [0.1, 0.15) is 0 Å². The van der Waals surface area contributed by atoms with Crippen LogP contribution in [0.5, 0.6) is 0 Å². The van der Waals surface area contributed by atoms with Gasteiger partial charge in [0, 0.05) is 13.6 Å².